The maximum Gasteiger partial charge on any atom is 0.237 e. The highest BCUT2D eigenvalue weighted by Gasteiger charge is 2.23. The predicted octanol–water partition coefficient (Wildman–Crippen LogP) is 2.52. The fourth-order valence-corrected chi connectivity index (χ4v) is 3.41. The van der Waals surface area contributed by atoms with E-state index < -0.39 is 0 Å². The lowest BCUT2D eigenvalue weighted by atomic mass is 10.2. The van der Waals surface area contributed by atoms with Crippen LogP contribution in [0.3, 0.4) is 0 Å². The van der Waals surface area contributed by atoms with Gasteiger partial charge in [0.2, 0.25) is 5.91 Å². The van der Waals surface area contributed by atoms with Crippen LogP contribution in [0, 0.1) is 0 Å². The first-order valence-electron chi connectivity index (χ1n) is 7.34. The Bertz CT molecular complexity index is 424. The molecule has 1 N–H and O–H groups in total. The van der Waals surface area contributed by atoms with Gasteiger partial charge < -0.3 is 5.32 Å². The summed E-state index contributed by atoms with van der Waals surface area (Å²) in [6, 6.07) is 10.0. The van der Waals surface area contributed by atoms with Crippen LogP contribution in [-0.2, 0) is 11.3 Å². The summed E-state index contributed by atoms with van der Waals surface area (Å²) in [6.45, 7) is 6.93. The second-order valence-corrected chi connectivity index (χ2v) is 6.93. The third kappa shape index (κ3) is 4.53. The molecular formula is C16H24N2OS. The second kappa shape index (κ2) is 7.70. The van der Waals surface area contributed by atoms with E-state index in [-0.39, 0.29) is 11.9 Å². The van der Waals surface area contributed by atoms with Gasteiger partial charge in [-0.2, -0.15) is 11.8 Å². The normalized spacial score (nSPS) is 22.0. The Morgan fingerprint density at radius 2 is 2.15 bits per heavy atom. The zero-order valence-electron chi connectivity index (χ0n) is 12.3. The molecule has 0 radical (unpaired) electrons. The average Bonchev–Trinajstić information content (AvgIpc) is 2.70. The van der Waals surface area contributed by atoms with Gasteiger partial charge in [-0.1, -0.05) is 37.3 Å². The molecule has 1 aromatic rings. The van der Waals surface area contributed by atoms with Crippen molar-refractivity contribution < 1.29 is 4.79 Å². The molecule has 2 rings (SSSR count). The fourth-order valence-electron chi connectivity index (χ4n) is 2.40. The van der Waals surface area contributed by atoms with E-state index in [1.807, 2.05) is 49.0 Å². The quantitative estimate of drug-likeness (QED) is 0.925. The van der Waals surface area contributed by atoms with Crippen molar-refractivity contribution in [1.29, 1.82) is 0 Å². The molecule has 1 aromatic carbocycles. The molecular weight excluding hydrogens is 268 g/mol. The maximum absolute atomic E-state index is 12.2. The van der Waals surface area contributed by atoms with Gasteiger partial charge in [-0.25, -0.2) is 0 Å². The van der Waals surface area contributed by atoms with Crippen LogP contribution in [0.1, 0.15) is 25.8 Å². The highest BCUT2D eigenvalue weighted by Crippen LogP contribution is 2.19. The van der Waals surface area contributed by atoms with Gasteiger partial charge in [0.1, 0.15) is 0 Å². The van der Waals surface area contributed by atoms with Crippen molar-refractivity contribution in [2.45, 2.75) is 38.1 Å². The van der Waals surface area contributed by atoms with Crippen molar-refractivity contribution in [3.63, 3.8) is 0 Å². The zero-order chi connectivity index (χ0) is 14.4. The molecule has 20 heavy (non-hydrogen) atoms. The number of nitrogens with one attached hydrogen (secondary N) is 1. The van der Waals surface area contributed by atoms with Gasteiger partial charge in [-0.3, -0.25) is 9.69 Å². The molecule has 0 aromatic heterocycles. The third-order valence-corrected chi connectivity index (χ3v) is 5.06. The Balaban J connectivity index is 1.82. The lowest BCUT2D eigenvalue weighted by Gasteiger charge is -2.26. The van der Waals surface area contributed by atoms with Crippen molar-refractivity contribution in [3.8, 4) is 0 Å². The van der Waals surface area contributed by atoms with Crippen LogP contribution in [0.25, 0.3) is 0 Å². The van der Waals surface area contributed by atoms with Crippen LogP contribution in [0.15, 0.2) is 30.3 Å². The molecule has 4 heteroatoms. The lowest BCUT2D eigenvalue weighted by molar-refractivity contribution is -0.126. The summed E-state index contributed by atoms with van der Waals surface area (Å²) in [5.41, 5.74) is 1.15. The maximum atomic E-state index is 12.2. The first-order valence-corrected chi connectivity index (χ1v) is 8.39. The van der Waals surface area contributed by atoms with Crippen LogP contribution >= 0.6 is 11.8 Å². The van der Waals surface area contributed by atoms with Crippen LogP contribution in [0.4, 0.5) is 0 Å². The summed E-state index contributed by atoms with van der Waals surface area (Å²) in [5.74, 6) is 1.26. The number of carbonyl (C=O) groups excluding carboxylic acids is 1. The van der Waals surface area contributed by atoms with E-state index in [1.54, 1.807) is 0 Å². The second-order valence-electron chi connectivity index (χ2n) is 5.39. The van der Waals surface area contributed by atoms with Gasteiger partial charge in [0, 0.05) is 24.1 Å². The van der Waals surface area contributed by atoms with Crippen molar-refractivity contribution in [2.24, 2.45) is 0 Å². The summed E-state index contributed by atoms with van der Waals surface area (Å²) in [5, 5.41) is 3.75. The molecule has 0 unspecified atom stereocenters. The first kappa shape index (κ1) is 15.4. The van der Waals surface area contributed by atoms with E-state index in [9.17, 15) is 4.79 Å². The minimum atomic E-state index is -0.0374. The molecule has 110 valence electrons. The van der Waals surface area contributed by atoms with E-state index in [0.717, 1.165) is 24.4 Å². The molecule has 1 aliphatic heterocycles. The van der Waals surface area contributed by atoms with Crippen LogP contribution < -0.4 is 5.32 Å². The van der Waals surface area contributed by atoms with Gasteiger partial charge in [-0.05, 0) is 25.5 Å². The molecule has 0 aliphatic carbocycles. The predicted molar refractivity (Wildman–Crippen MR) is 85.9 cm³/mol. The first-order chi connectivity index (χ1) is 9.66. The van der Waals surface area contributed by atoms with Gasteiger partial charge in [-0.15, -0.1) is 0 Å². The summed E-state index contributed by atoms with van der Waals surface area (Å²) < 4.78 is 0. The number of hydrogen-bond donors (Lipinski definition) is 1. The minimum Gasteiger partial charge on any atom is -0.351 e. The number of amides is 1. The van der Waals surface area contributed by atoms with Crippen molar-refractivity contribution in [3.05, 3.63) is 35.9 Å². The summed E-state index contributed by atoms with van der Waals surface area (Å²) in [4.78, 5) is 14.6. The Morgan fingerprint density at radius 1 is 1.40 bits per heavy atom. The average molecular weight is 292 g/mol. The molecule has 1 heterocycles. The monoisotopic (exact) mass is 292 g/mol. The number of rotatable bonds is 4. The largest absolute Gasteiger partial charge is 0.351 e. The van der Waals surface area contributed by atoms with Crippen molar-refractivity contribution in [2.75, 3.05) is 18.8 Å². The Labute approximate surface area is 126 Å². The molecule has 1 amide bonds. The van der Waals surface area contributed by atoms with E-state index >= 15 is 0 Å². The van der Waals surface area contributed by atoms with E-state index in [4.69, 9.17) is 0 Å². The summed E-state index contributed by atoms with van der Waals surface area (Å²) in [7, 11) is 0. The van der Waals surface area contributed by atoms with E-state index in [1.165, 1.54) is 6.42 Å². The van der Waals surface area contributed by atoms with E-state index in [2.05, 4.69) is 17.1 Å². The number of carbonyl (C=O) groups is 1. The number of benzene rings is 1. The van der Waals surface area contributed by atoms with Gasteiger partial charge in [0.25, 0.3) is 0 Å². The number of hydrogen-bond acceptors (Lipinski definition) is 3. The molecule has 1 aliphatic rings. The van der Waals surface area contributed by atoms with Gasteiger partial charge in [0.15, 0.2) is 0 Å². The highest BCUT2D eigenvalue weighted by atomic mass is 32.2. The number of nitrogens with zero attached hydrogens (tertiary/aromatic N) is 1. The summed E-state index contributed by atoms with van der Waals surface area (Å²) in [6.07, 6.45) is 1.17. The molecule has 1 fully saturated rings. The zero-order valence-corrected chi connectivity index (χ0v) is 13.2. The molecule has 2 atom stereocenters. The third-order valence-electron chi connectivity index (χ3n) is 3.84. The van der Waals surface area contributed by atoms with Crippen molar-refractivity contribution in [1.82, 2.24) is 10.2 Å². The SMILES string of the molecule is C[C@H](C(=O)NCc1ccccc1)N1CCS[C@@H](C)CC1. The van der Waals surface area contributed by atoms with Crippen LogP contribution in [0.5, 0.6) is 0 Å². The Kier molecular flexibility index (Phi) is 5.92. The Hall–Kier alpha value is -1.00. The summed E-state index contributed by atoms with van der Waals surface area (Å²) >= 11 is 2.01. The molecule has 0 spiro atoms. The topological polar surface area (TPSA) is 32.3 Å². The fraction of sp³-hybridized carbons (Fsp3) is 0.562. The Morgan fingerprint density at radius 3 is 2.90 bits per heavy atom. The van der Waals surface area contributed by atoms with E-state index in [0.29, 0.717) is 11.8 Å². The molecule has 1 saturated heterocycles. The highest BCUT2D eigenvalue weighted by molar-refractivity contribution is 7.99. The lowest BCUT2D eigenvalue weighted by Crippen LogP contribution is -2.45. The minimum absolute atomic E-state index is 0.0374. The van der Waals surface area contributed by atoms with Gasteiger partial charge in [0.05, 0.1) is 6.04 Å². The molecule has 0 bridgehead atoms. The molecule has 3 nitrogen and oxygen atoms in total. The van der Waals surface area contributed by atoms with Crippen LogP contribution in [-0.4, -0.2) is 40.9 Å². The molecule has 0 saturated carbocycles. The van der Waals surface area contributed by atoms with Crippen molar-refractivity contribution >= 4 is 17.7 Å². The number of thioether (sulfide) groups is 1. The van der Waals surface area contributed by atoms with Crippen LogP contribution in [0.2, 0.25) is 0 Å². The smallest absolute Gasteiger partial charge is 0.237 e. The standard InChI is InChI=1S/C16H24N2OS/c1-13-8-9-18(10-11-20-13)14(2)16(19)17-12-15-6-4-3-5-7-15/h3-7,13-14H,8-12H2,1-2H3,(H,17,19)/t13-,14+/m0/s1. The van der Waals surface area contributed by atoms with Gasteiger partial charge >= 0.3 is 0 Å².